The summed E-state index contributed by atoms with van der Waals surface area (Å²) in [5.74, 6) is -0.196. The molecule has 10 heteroatoms. The molecule has 2 bridgehead atoms. The van der Waals surface area contributed by atoms with E-state index in [0.717, 1.165) is 36.8 Å². The fraction of sp³-hybridized carbons (Fsp3) is 0.531. The first-order valence-electron chi connectivity index (χ1n) is 14.8. The number of fused-ring (bicyclic) bond motifs is 2. The zero-order valence-corrected chi connectivity index (χ0v) is 24.5. The molecule has 4 heterocycles. The lowest BCUT2D eigenvalue weighted by Gasteiger charge is -2.60. The first kappa shape index (κ1) is 28.9. The van der Waals surface area contributed by atoms with Crippen molar-refractivity contribution in [3.05, 3.63) is 70.8 Å². The molecule has 4 aliphatic heterocycles. The van der Waals surface area contributed by atoms with Gasteiger partial charge in [0, 0.05) is 36.4 Å². The number of ether oxygens (including phenoxy) is 3. The van der Waals surface area contributed by atoms with E-state index in [1.807, 2.05) is 19.1 Å². The highest BCUT2D eigenvalue weighted by Crippen LogP contribution is 2.60. The van der Waals surface area contributed by atoms with Crippen LogP contribution in [0.3, 0.4) is 0 Å². The van der Waals surface area contributed by atoms with Crippen molar-refractivity contribution in [2.24, 2.45) is 28.8 Å². The molecule has 2 aromatic carbocycles. The zero-order valence-electron chi connectivity index (χ0n) is 24.5. The molecular formula is C32H39N3O7. The van der Waals surface area contributed by atoms with Crippen molar-refractivity contribution in [2.75, 3.05) is 7.05 Å². The molecule has 1 spiro atoms. The van der Waals surface area contributed by atoms with Gasteiger partial charge in [-0.1, -0.05) is 38.1 Å². The topological polar surface area (TPSA) is 117 Å². The number of hydrazone groups is 1. The molecule has 8 atom stereocenters. The highest BCUT2D eigenvalue weighted by molar-refractivity contribution is 5.96. The standard InChI is InChI=1S/C32H39N3O7/c1-19-5-14-26-20(2)29(39-30-32(26)25(19)15-16-31(3,40-30)41-42-32)38-18-22-8-12-24(13-9-22)28(37)35-34-17-21-6-10-23(11-7-21)27(36)33-4/h6-13,17,19-20,25-26,29-30H,5,14-16,18H2,1-4H3,(H,33,36)(H,35,37)/b34-17-/t19-,20-,25?,26?,29?,30?,31+,32-/m1/s1. The molecule has 5 fully saturated rings. The van der Waals surface area contributed by atoms with Gasteiger partial charge in [-0.2, -0.15) is 5.10 Å². The van der Waals surface area contributed by atoms with E-state index in [-0.39, 0.29) is 23.7 Å². The average molecular weight is 578 g/mol. The van der Waals surface area contributed by atoms with Crippen molar-refractivity contribution in [2.45, 2.75) is 77.0 Å². The SMILES string of the molecule is CNC(=O)c1ccc(/C=N\NC(=O)c2ccc(COC3OC4O[C@]5(C)CCC6[C@H](C)CCC([C@H]3C)[C@@]46OO5)cc2)cc1. The molecule has 0 aromatic heterocycles. The fourth-order valence-corrected chi connectivity index (χ4v) is 7.09. The summed E-state index contributed by atoms with van der Waals surface area (Å²) in [4.78, 5) is 36.3. The first-order chi connectivity index (χ1) is 20.2. The summed E-state index contributed by atoms with van der Waals surface area (Å²) in [6.45, 7) is 6.72. The Morgan fingerprint density at radius 2 is 1.69 bits per heavy atom. The summed E-state index contributed by atoms with van der Waals surface area (Å²) < 4.78 is 19.2. The molecule has 2 aromatic rings. The van der Waals surface area contributed by atoms with Crippen molar-refractivity contribution in [1.29, 1.82) is 0 Å². The second-order valence-corrected chi connectivity index (χ2v) is 12.2. The lowest BCUT2D eigenvalue weighted by molar-refractivity contribution is -0.577. The third kappa shape index (κ3) is 5.26. The quantitative estimate of drug-likeness (QED) is 0.282. The van der Waals surface area contributed by atoms with E-state index >= 15 is 0 Å². The van der Waals surface area contributed by atoms with Gasteiger partial charge in [0.1, 0.15) is 0 Å². The van der Waals surface area contributed by atoms with E-state index in [4.69, 9.17) is 24.0 Å². The van der Waals surface area contributed by atoms with E-state index in [1.165, 1.54) is 6.21 Å². The van der Waals surface area contributed by atoms with Gasteiger partial charge in [-0.25, -0.2) is 15.2 Å². The minimum absolute atomic E-state index is 0.0915. The van der Waals surface area contributed by atoms with E-state index < -0.39 is 24.0 Å². The van der Waals surface area contributed by atoms with Crippen molar-refractivity contribution < 1.29 is 33.6 Å². The lowest BCUT2D eigenvalue weighted by Crippen LogP contribution is -2.70. The third-order valence-corrected chi connectivity index (χ3v) is 9.51. The number of rotatable bonds is 7. The summed E-state index contributed by atoms with van der Waals surface area (Å²) in [6, 6.07) is 14.1. The molecule has 5 aliphatic rings. The third-order valence-electron chi connectivity index (χ3n) is 9.51. The van der Waals surface area contributed by atoms with Crippen LogP contribution in [0.2, 0.25) is 0 Å². The van der Waals surface area contributed by atoms with Crippen LogP contribution in [0.15, 0.2) is 53.6 Å². The molecule has 7 rings (SSSR count). The maximum Gasteiger partial charge on any atom is 0.271 e. The molecular weight excluding hydrogens is 538 g/mol. The van der Waals surface area contributed by atoms with Crippen LogP contribution in [0.25, 0.3) is 0 Å². The molecule has 224 valence electrons. The summed E-state index contributed by atoms with van der Waals surface area (Å²) in [5, 5.41) is 6.61. The second kappa shape index (κ2) is 11.5. The van der Waals surface area contributed by atoms with E-state index in [2.05, 4.69) is 29.7 Å². The Morgan fingerprint density at radius 1 is 0.976 bits per heavy atom. The molecule has 4 unspecified atom stereocenters. The van der Waals surface area contributed by atoms with Gasteiger partial charge in [0.05, 0.1) is 12.8 Å². The average Bonchev–Trinajstić information content (AvgIpc) is 3.24. The lowest BCUT2D eigenvalue weighted by atomic mass is 9.58. The number of nitrogens with one attached hydrogen (secondary N) is 2. The van der Waals surface area contributed by atoms with Gasteiger partial charge in [0.2, 0.25) is 5.79 Å². The number of nitrogens with zero attached hydrogens (tertiary/aromatic N) is 1. The highest BCUT2D eigenvalue weighted by Gasteiger charge is 2.69. The second-order valence-electron chi connectivity index (χ2n) is 12.2. The number of carbonyl (C=O) groups excluding carboxylic acids is 2. The van der Waals surface area contributed by atoms with Gasteiger partial charge < -0.3 is 19.5 Å². The molecule has 1 aliphatic carbocycles. The fourth-order valence-electron chi connectivity index (χ4n) is 7.09. The number of hydrogen-bond donors (Lipinski definition) is 2. The smallest absolute Gasteiger partial charge is 0.271 e. The molecule has 1 saturated carbocycles. The minimum Gasteiger partial charge on any atom is -0.355 e. The van der Waals surface area contributed by atoms with Crippen LogP contribution < -0.4 is 10.7 Å². The van der Waals surface area contributed by atoms with Crippen LogP contribution >= 0.6 is 0 Å². The van der Waals surface area contributed by atoms with Crippen LogP contribution in [0, 0.1) is 23.7 Å². The van der Waals surface area contributed by atoms with Crippen LogP contribution in [0.1, 0.15) is 78.3 Å². The number of benzene rings is 2. The van der Waals surface area contributed by atoms with E-state index in [9.17, 15) is 9.59 Å². The van der Waals surface area contributed by atoms with Gasteiger partial charge in [-0.05, 0) is 73.4 Å². The van der Waals surface area contributed by atoms with Crippen LogP contribution in [0.4, 0.5) is 0 Å². The summed E-state index contributed by atoms with van der Waals surface area (Å²) in [6.07, 6.45) is 4.44. The predicted octanol–water partition coefficient (Wildman–Crippen LogP) is 4.53. The molecule has 2 N–H and O–H groups in total. The first-order valence-corrected chi connectivity index (χ1v) is 14.8. The van der Waals surface area contributed by atoms with Gasteiger partial charge in [0.15, 0.2) is 18.2 Å². The molecule has 4 saturated heterocycles. The largest absolute Gasteiger partial charge is 0.355 e. The number of carbonyl (C=O) groups is 2. The van der Waals surface area contributed by atoms with Crippen LogP contribution in [0.5, 0.6) is 0 Å². The Kier molecular flexibility index (Phi) is 7.93. The number of hydrogen-bond acceptors (Lipinski definition) is 8. The van der Waals surface area contributed by atoms with Gasteiger partial charge >= 0.3 is 0 Å². The van der Waals surface area contributed by atoms with Crippen molar-refractivity contribution in [3.8, 4) is 0 Å². The van der Waals surface area contributed by atoms with E-state index in [0.29, 0.717) is 29.6 Å². The van der Waals surface area contributed by atoms with E-state index in [1.54, 1.807) is 43.4 Å². The van der Waals surface area contributed by atoms with Crippen molar-refractivity contribution in [3.63, 3.8) is 0 Å². The predicted molar refractivity (Wildman–Crippen MR) is 153 cm³/mol. The Balaban J connectivity index is 1.05. The minimum atomic E-state index is -0.819. The Morgan fingerprint density at radius 3 is 2.43 bits per heavy atom. The van der Waals surface area contributed by atoms with Crippen molar-refractivity contribution >= 4 is 18.0 Å². The summed E-state index contributed by atoms with van der Waals surface area (Å²) in [7, 11) is 1.58. The Labute approximate surface area is 246 Å². The molecule has 10 nitrogen and oxygen atoms in total. The monoisotopic (exact) mass is 577 g/mol. The zero-order chi connectivity index (χ0) is 29.5. The molecule has 42 heavy (non-hydrogen) atoms. The normalized spacial score (nSPS) is 35.3. The maximum atomic E-state index is 12.6. The summed E-state index contributed by atoms with van der Waals surface area (Å²) in [5.41, 5.74) is 4.64. The maximum absolute atomic E-state index is 12.6. The Bertz CT molecular complexity index is 1330. The molecule has 0 radical (unpaired) electrons. The Hall–Kier alpha value is -3.15. The van der Waals surface area contributed by atoms with Crippen LogP contribution in [-0.4, -0.2) is 49.0 Å². The summed E-state index contributed by atoms with van der Waals surface area (Å²) >= 11 is 0. The van der Waals surface area contributed by atoms with Gasteiger partial charge in [-0.15, -0.1) is 0 Å². The molecule has 2 amide bonds. The van der Waals surface area contributed by atoms with Gasteiger partial charge in [0.25, 0.3) is 11.8 Å². The van der Waals surface area contributed by atoms with Gasteiger partial charge in [-0.3, -0.25) is 9.59 Å². The highest BCUT2D eigenvalue weighted by atomic mass is 17.3. The van der Waals surface area contributed by atoms with Crippen molar-refractivity contribution in [1.82, 2.24) is 10.7 Å². The number of amides is 2. The van der Waals surface area contributed by atoms with Crippen LogP contribution in [-0.2, 0) is 30.6 Å².